The second-order valence-corrected chi connectivity index (χ2v) is 7.63. The average Bonchev–Trinajstić information content (AvgIpc) is 2.72. The van der Waals surface area contributed by atoms with E-state index in [2.05, 4.69) is 0 Å². The molecule has 3 rings (SSSR count). The number of aliphatic imine (C=N–C) groups is 1. The Morgan fingerprint density at radius 2 is 1.21 bits per heavy atom. The number of rotatable bonds is 5. The fourth-order valence-corrected chi connectivity index (χ4v) is 2.78. The van der Waals surface area contributed by atoms with Crippen molar-refractivity contribution in [1.29, 1.82) is 0 Å². The van der Waals surface area contributed by atoms with E-state index in [0.717, 1.165) is 22.4 Å². The van der Waals surface area contributed by atoms with Gasteiger partial charge in [-0.05, 0) is 32.4 Å². The number of benzene rings is 3. The third-order valence-electron chi connectivity index (χ3n) is 4.04. The molecule has 0 bridgehead atoms. The van der Waals surface area contributed by atoms with E-state index in [4.69, 9.17) is 9.73 Å². The van der Waals surface area contributed by atoms with E-state index in [1.165, 1.54) is 0 Å². The Balaban J connectivity index is 2.14. The number of nitrogens with zero attached hydrogens (tertiary/aromatic N) is 1. The van der Waals surface area contributed by atoms with Gasteiger partial charge in [0.15, 0.2) is 0 Å². The molecule has 0 aliphatic rings. The summed E-state index contributed by atoms with van der Waals surface area (Å²) in [6, 6.07) is 29.4. The fraction of sp³-hybridized carbons (Fsp3) is 0.154. The standard InChI is InChI=1S/C26H25NO2/c1-26(2,3)29-25(28)23(19-20-13-7-4-8-14-20)27-24(21-15-9-5-10-16-21)22-17-11-6-12-18-22/h4-19H,1-3H3/b23-19-. The third-order valence-corrected chi connectivity index (χ3v) is 4.04. The Bertz CT molecular complexity index is 957. The van der Waals surface area contributed by atoms with Crippen molar-refractivity contribution >= 4 is 17.8 Å². The minimum Gasteiger partial charge on any atom is -0.455 e. The molecule has 3 aromatic carbocycles. The van der Waals surface area contributed by atoms with Gasteiger partial charge in [0.25, 0.3) is 0 Å². The predicted molar refractivity (Wildman–Crippen MR) is 119 cm³/mol. The van der Waals surface area contributed by atoms with Gasteiger partial charge in [-0.3, -0.25) is 0 Å². The van der Waals surface area contributed by atoms with Crippen molar-refractivity contribution in [2.24, 2.45) is 4.99 Å². The van der Waals surface area contributed by atoms with Crippen LogP contribution in [0.2, 0.25) is 0 Å². The normalized spacial score (nSPS) is 11.6. The molecule has 0 fully saturated rings. The molecule has 3 heteroatoms. The van der Waals surface area contributed by atoms with Crippen molar-refractivity contribution < 1.29 is 9.53 Å². The number of carbonyl (C=O) groups is 1. The number of carbonyl (C=O) groups excluding carboxylic acids is 1. The molecule has 0 aromatic heterocycles. The number of esters is 1. The summed E-state index contributed by atoms with van der Waals surface area (Å²) < 4.78 is 5.63. The minimum absolute atomic E-state index is 0.258. The second-order valence-electron chi connectivity index (χ2n) is 7.63. The first-order chi connectivity index (χ1) is 13.9. The first kappa shape index (κ1) is 20.3. The van der Waals surface area contributed by atoms with Crippen molar-refractivity contribution in [3.05, 3.63) is 113 Å². The van der Waals surface area contributed by atoms with Crippen molar-refractivity contribution in [2.45, 2.75) is 26.4 Å². The molecule has 0 saturated heterocycles. The molecule has 0 aliphatic heterocycles. The van der Waals surface area contributed by atoms with Gasteiger partial charge >= 0.3 is 5.97 Å². The van der Waals surface area contributed by atoms with Crippen molar-refractivity contribution in [3.63, 3.8) is 0 Å². The summed E-state index contributed by atoms with van der Waals surface area (Å²) in [6.07, 6.45) is 1.76. The smallest absolute Gasteiger partial charge is 0.357 e. The van der Waals surface area contributed by atoms with Crippen LogP contribution >= 0.6 is 0 Å². The van der Waals surface area contributed by atoms with Crippen LogP contribution in [0.4, 0.5) is 0 Å². The van der Waals surface area contributed by atoms with Gasteiger partial charge in [-0.1, -0.05) is 91.0 Å². The quantitative estimate of drug-likeness (QED) is 0.312. The topological polar surface area (TPSA) is 38.7 Å². The van der Waals surface area contributed by atoms with E-state index in [9.17, 15) is 4.79 Å². The van der Waals surface area contributed by atoms with Crippen LogP contribution in [-0.2, 0) is 9.53 Å². The molecular formula is C26H25NO2. The van der Waals surface area contributed by atoms with Crippen LogP contribution in [0, 0.1) is 0 Å². The van der Waals surface area contributed by atoms with E-state index < -0.39 is 11.6 Å². The maximum atomic E-state index is 13.0. The Morgan fingerprint density at radius 3 is 1.66 bits per heavy atom. The molecule has 0 unspecified atom stereocenters. The zero-order valence-electron chi connectivity index (χ0n) is 17.0. The highest BCUT2D eigenvalue weighted by Crippen LogP contribution is 2.19. The summed E-state index contributed by atoms with van der Waals surface area (Å²) in [5.74, 6) is -0.453. The Labute approximate surface area is 172 Å². The van der Waals surface area contributed by atoms with Gasteiger partial charge in [-0.2, -0.15) is 0 Å². The number of hydrogen-bond donors (Lipinski definition) is 0. The van der Waals surface area contributed by atoms with Gasteiger partial charge in [-0.15, -0.1) is 0 Å². The zero-order chi connectivity index (χ0) is 20.7. The highest BCUT2D eigenvalue weighted by Gasteiger charge is 2.21. The highest BCUT2D eigenvalue weighted by molar-refractivity contribution is 6.15. The lowest BCUT2D eigenvalue weighted by atomic mass is 10.0. The van der Waals surface area contributed by atoms with Crippen molar-refractivity contribution in [1.82, 2.24) is 0 Å². The lowest BCUT2D eigenvalue weighted by Crippen LogP contribution is -2.25. The van der Waals surface area contributed by atoms with Crippen molar-refractivity contribution in [2.75, 3.05) is 0 Å². The summed E-state index contributed by atoms with van der Waals surface area (Å²) in [7, 11) is 0. The van der Waals surface area contributed by atoms with Gasteiger partial charge in [0, 0.05) is 11.1 Å². The molecule has 0 N–H and O–H groups in total. The SMILES string of the molecule is CC(C)(C)OC(=O)/C(=C/c1ccccc1)N=C(c1ccccc1)c1ccccc1. The van der Waals surface area contributed by atoms with Crippen LogP contribution in [0.5, 0.6) is 0 Å². The molecule has 0 amide bonds. The molecule has 3 nitrogen and oxygen atoms in total. The van der Waals surface area contributed by atoms with Crippen LogP contribution in [-0.4, -0.2) is 17.3 Å². The Kier molecular flexibility index (Phi) is 6.40. The summed E-state index contributed by atoms with van der Waals surface area (Å²) in [6.45, 7) is 5.55. The van der Waals surface area contributed by atoms with Crippen LogP contribution in [0.1, 0.15) is 37.5 Å². The molecule has 0 spiro atoms. The maximum absolute atomic E-state index is 13.0. The van der Waals surface area contributed by atoms with E-state index in [-0.39, 0.29) is 5.70 Å². The fourth-order valence-electron chi connectivity index (χ4n) is 2.78. The van der Waals surface area contributed by atoms with E-state index >= 15 is 0 Å². The zero-order valence-corrected chi connectivity index (χ0v) is 17.0. The lowest BCUT2D eigenvalue weighted by Gasteiger charge is -2.20. The van der Waals surface area contributed by atoms with E-state index in [0.29, 0.717) is 0 Å². The van der Waals surface area contributed by atoms with Gasteiger partial charge in [-0.25, -0.2) is 9.79 Å². The minimum atomic E-state index is -0.609. The largest absolute Gasteiger partial charge is 0.455 e. The highest BCUT2D eigenvalue weighted by atomic mass is 16.6. The maximum Gasteiger partial charge on any atom is 0.357 e. The molecule has 29 heavy (non-hydrogen) atoms. The summed E-state index contributed by atoms with van der Waals surface area (Å²) >= 11 is 0. The third kappa shape index (κ3) is 6.01. The van der Waals surface area contributed by atoms with Crippen LogP contribution < -0.4 is 0 Å². The predicted octanol–water partition coefficient (Wildman–Crippen LogP) is 5.91. The van der Waals surface area contributed by atoms with Crippen LogP contribution in [0.25, 0.3) is 6.08 Å². The van der Waals surface area contributed by atoms with Gasteiger partial charge in [0.2, 0.25) is 0 Å². The van der Waals surface area contributed by atoms with Gasteiger partial charge in [0.1, 0.15) is 11.3 Å². The molecule has 3 aromatic rings. The number of hydrogen-bond acceptors (Lipinski definition) is 3. The average molecular weight is 383 g/mol. The molecule has 0 atom stereocenters. The van der Waals surface area contributed by atoms with Gasteiger partial charge < -0.3 is 4.74 Å². The van der Waals surface area contributed by atoms with Crippen LogP contribution in [0.15, 0.2) is 102 Å². The molecule has 146 valence electrons. The van der Waals surface area contributed by atoms with Gasteiger partial charge in [0.05, 0.1) is 5.71 Å². The molecule has 0 heterocycles. The van der Waals surface area contributed by atoms with E-state index in [1.54, 1.807) is 6.08 Å². The van der Waals surface area contributed by atoms with E-state index in [1.807, 2.05) is 112 Å². The first-order valence-corrected chi connectivity index (χ1v) is 9.62. The molecule has 0 radical (unpaired) electrons. The summed E-state index contributed by atoms with van der Waals surface area (Å²) in [4.78, 5) is 17.8. The monoisotopic (exact) mass is 383 g/mol. The molecular weight excluding hydrogens is 358 g/mol. The Morgan fingerprint density at radius 1 is 0.759 bits per heavy atom. The number of ether oxygens (including phenoxy) is 1. The first-order valence-electron chi connectivity index (χ1n) is 9.62. The summed E-state index contributed by atoms with van der Waals surface area (Å²) in [5.41, 5.74) is 3.12. The molecule has 0 aliphatic carbocycles. The lowest BCUT2D eigenvalue weighted by molar-refractivity contribution is -0.149. The van der Waals surface area contributed by atoms with Crippen LogP contribution in [0.3, 0.4) is 0 Å². The summed E-state index contributed by atoms with van der Waals surface area (Å²) in [5, 5.41) is 0. The van der Waals surface area contributed by atoms with Crippen molar-refractivity contribution in [3.8, 4) is 0 Å². The Hall–Kier alpha value is -3.46. The molecule has 0 saturated carbocycles. The second kappa shape index (κ2) is 9.16.